The van der Waals surface area contributed by atoms with E-state index in [0.717, 1.165) is 5.56 Å². The number of nitrogens with one attached hydrogen (secondary N) is 1. The van der Waals surface area contributed by atoms with Crippen LogP contribution in [0.2, 0.25) is 0 Å². The lowest BCUT2D eigenvalue weighted by Gasteiger charge is -2.14. The Morgan fingerprint density at radius 1 is 1.33 bits per heavy atom. The fraction of sp³-hybridized carbons (Fsp3) is 0.385. The van der Waals surface area contributed by atoms with Crippen LogP contribution < -0.4 is 5.32 Å². The van der Waals surface area contributed by atoms with Crippen LogP contribution in [-0.4, -0.2) is 29.6 Å². The van der Waals surface area contributed by atoms with Gasteiger partial charge in [-0.3, -0.25) is 4.79 Å². The number of ketones is 1. The molecule has 0 spiro atoms. The standard InChI is InChI=1S/C13H17NO4/c1-10(16)12(7-8-15)14-13(17)18-9-11-5-3-2-4-6-11/h2-6,12,15H,7-9H2,1H3,(H,14,17)/t12-/m0/s1. The molecule has 98 valence electrons. The van der Waals surface area contributed by atoms with E-state index in [1.54, 1.807) is 0 Å². The Hall–Kier alpha value is -1.88. The number of amides is 1. The second-order valence-corrected chi connectivity index (χ2v) is 3.88. The number of aliphatic hydroxyl groups excluding tert-OH is 1. The Balaban J connectivity index is 2.39. The average Bonchev–Trinajstić information content (AvgIpc) is 2.37. The van der Waals surface area contributed by atoms with Crippen LogP contribution in [0.15, 0.2) is 30.3 Å². The topological polar surface area (TPSA) is 75.6 Å². The third-order valence-corrected chi connectivity index (χ3v) is 2.41. The summed E-state index contributed by atoms with van der Waals surface area (Å²) in [5.74, 6) is -0.208. The van der Waals surface area contributed by atoms with Crippen LogP contribution in [0.4, 0.5) is 4.79 Å². The van der Waals surface area contributed by atoms with Gasteiger partial charge < -0.3 is 15.2 Å². The Morgan fingerprint density at radius 2 is 2.00 bits per heavy atom. The lowest BCUT2D eigenvalue weighted by atomic mass is 10.1. The number of ether oxygens (including phenoxy) is 1. The number of carbonyl (C=O) groups is 2. The van der Waals surface area contributed by atoms with Gasteiger partial charge in [0.1, 0.15) is 6.61 Å². The van der Waals surface area contributed by atoms with Crippen molar-refractivity contribution in [3.63, 3.8) is 0 Å². The fourth-order valence-electron chi connectivity index (χ4n) is 1.41. The van der Waals surface area contributed by atoms with Gasteiger partial charge >= 0.3 is 6.09 Å². The zero-order chi connectivity index (χ0) is 13.4. The van der Waals surface area contributed by atoms with Gasteiger partial charge in [-0.1, -0.05) is 30.3 Å². The molecule has 1 amide bonds. The molecule has 0 heterocycles. The summed E-state index contributed by atoms with van der Waals surface area (Å²) < 4.78 is 4.97. The molecule has 0 unspecified atom stereocenters. The van der Waals surface area contributed by atoms with Crippen LogP contribution in [0.3, 0.4) is 0 Å². The third kappa shape index (κ3) is 4.97. The van der Waals surface area contributed by atoms with E-state index < -0.39 is 12.1 Å². The van der Waals surface area contributed by atoms with Crippen molar-refractivity contribution in [1.29, 1.82) is 0 Å². The van der Waals surface area contributed by atoms with Crippen LogP contribution in [0, 0.1) is 0 Å². The van der Waals surface area contributed by atoms with Crippen molar-refractivity contribution in [2.75, 3.05) is 6.61 Å². The van der Waals surface area contributed by atoms with Crippen LogP contribution in [0.1, 0.15) is 18.9 Å². The maximum absolute atomic E-state index is 11.4. The highest BCUT2D eigenvalue weighted by Crippen LogP contribution is 2.01. The molecule has 0 saturated carbocycles. The molecule has 1 aromatic carbocycles. The van der Waals surface area contributed by atoms with E-state index in [2.05, 4.69) is 5.32 Å². The van der Waals surface area contributed by atoms with Gasteiger partial charge in [0.05, 0.1) is 6.04 Å². The summed E-state index contributed by atoms with van der Waals surface area (Å²) in [6.45, 7) is 1.34. The largest absolute Gasteiger partial charge is 0.445 e. The van der Waals surface area contributed by atoms with E-state index in [0.29, 0.717) is 0 Å². The Bertz CT molecular complexity index is 391. The lowest BCUT2D eigenvalue weighted by molar-refractivity contribution is -0.119. The van der Waals surface area contributed by atoms with Gasteiger partial charge in [0.15, 0.2) is 5.78 Å². The number of hydrogen-bond acceptors (Lipinski definition) is 4. The fourth-order valence-corrected chi connectivity index (χ4v) is 1.41. The predicted octanol–water partition coefficient (Wildman–Crippen LogP) is 1.25. The molecule has 0 aliphatic carbocycles. The molecule has 0 aliphatic heterocycles. The monoisotopic (exact) mass is 251 g/mol. The molecule has 1 atom stereocenters. The van der Waals surface area contributed by atoms with Gasteiger partial charge in [-0.05, 0) is 18.9 Å². The van der Waals surface area contributed by atoms with Crippen molar-refractivity contribution >= 4 is 11.9 Å². The van der Waals surface area contributed by atoms with E-state index >= 15 is 0 Å². The Kier molecular flexibility index (Phi) is 5.87. The highest BCUT2D eigenvalue weighted by atomic mass is 16.5. The number of hydrogen-bond donors (Lipinski definition) is 2. The SMILES string of the molecule is CC(=O)[C@H](CCO)NC(=O)OCc1ccccc1. The zero-order valence-corrected chi connectivity index (χ0v) is 10.3. The summed E-state index contributed by atoms with van der Waals surface area (Å²) in [5, 5.41) is 11.2. The molecule has 1 rings (SSSR count). The summed E-state index contributed by atoms with van der Waals surface area (Å²) in [4.78, 5) is 22.6. The van der Waals surface area contributed by atoms with Gasteiger partial charge in [-0.2, -0.15) is 0 Å². The molecule has 0 bridgehead atoms. The van der Waals surface area contributed by atoms with Gasteiger partial charge in [0, 0.05) is 6.61 Å². The molecule has 0 saturated heterocycles. The first-order chi connectivity index (χ1) is 8.63. The first-order valence-electron chi connectivity index (χ1n) is 5.72. The minimum absolute atomic E-state index is 0.149. The summed E-state index contributed by atoms with van der Waals surface area (Å²) in [7, 11) is 0. The van der Waals surface area contributed by atoms with E-state index in [9.17, 15) is 9.59 Å². The molecule has 1 aromatic rings. The van der Waals surface area contributed by atoms with E-state index in [1.165, 1.54) is 6.92 Å². The Morgan fingerprint density at radius 3 is 2.56 bits per heavy atom. The molecule has 0 radical (unpaired) electrons. The molecule has 18 heavy (non-hydrogen) atoms. The van der Waals surface area contributed by atoms with Crippen LogP contribution in [0.5, 0.6) is 0 Å². The van der Waals surface area contributed by atoms with Crippen molar-refractivity contribution in [3.05, 3.63) is 35.9 Å². The van der Waals surface area contributed by atoms with E-state index in [-0.39, 0.29) is 25.4 Å². The number of alkyl carbamates (subject to hydrolysis) is 1. The predicted molar refractivity (Wildman–Crippen MR) is 65.9 cm³/mol. The lowest BCUT2D eigenvalue weighted by Crippen LogP contribution is -2.40. The minimum Gasteiger partial charge on any atom is -0.445 e. The maximum atomic E-state index is 11.4. The summed E-state index contributed by atoms with van der Waals surface area (Å²) >= 11 is 0. The number of aliphatic hydroxyl groups is 1. The van der Waals surface area contributed by atoms with Gasteiger partial charge in [0.25, 0.3) is 0 Å². The Labute approximate surface area is 106 Å². The first-order valence-corrected chi connectivity index (χ1v) is 5.72. The quantitative estimate of drug-likeness (QED) is 0.798. The molecular formula is C13H17NO4. The van der Waals surface area contributed by atoms with Gasteiger partial charge in [0.2, 0.25) is 0 Å². The summed E-state index contributed by atoms with van der Waals surface area (Å²) in [6.07, 6.45) is -0.469. The molecule has 2 N–H and O–H groups in total. The van der Waals surface area contributed by atoms with E-state index in [1.807, 2.05) is 30.3 Å². The van der Waals surface area contributed by atoms with Crippen LogP contribution in [0.25, 0.3) is 0 Å². The summed E-state index contributed by atoms with van der Waals surface area (Å²) in [5.41, 5.74) is 0.870. The summed E-state index contributed by atoms with van der Waals surface area (Å²) in [6, 6.07) is 8.55. The third-order valence-electron chi connectivity index (χ3n) is 2.41. The number of carbonyl (C=O) groups excluding carboxylic acids is 2. The van der Waals surface area contributed by atoms with Crippen molar-refractivity contribution in [2.45, 2.75) is 26.0 Å². The second-order valence-electron chi connectivity index (χ2n) is 3.88. The van der Waals surface area contributed by atoms with Crippen molar-refractivity contribution in [1.82, 2.24) is 5.32 Å². The van der Waals surface area contributed by atoms with Gasteiger partial charge in [-0.25, -0.2) is 4.79 Å². The molecule has 5 heteroatoms. The molecule has 5 nitrogen and oxygen atoms in total. The smallest absolute Gasteiger partial charge is 0.408 e. The molecule has 0 aliphatic rings. The average molecular weight is 251 g/mol. The minimum atomic E-state index is -0.696. The number of benzene rings is 1. The second kappa shape index (κ2) is 7.45. The van der Waals surface area contributed by atoms with Crippen molar-refractivity contribution in [2.24, 2.45) is 0 Å². The van der Waals surface area contributed by atoms with Crippen LogP contribution >= 0.6 is 0 Å². The van der Waals surface area contributed by atoms with Crippen molar-refractivity contribution in [3.8, 4) is 0 Å². The molecular weight excluding hydrogens is 234 g/mol. The first kappa shape index (κ1) is 14.2. The molecule has 0 fully saturated rings. The van der Waals surface area contributed by atoms with Crippen LogP contribution in [-0.2, 0) is 16.1 Å². The zero-order valence-electron chi connectivity index (χ0n) is 10.3. The maximum Gasteiger partial charge on any atom is 0.408 e. The number of rotatable bonds is 6. The highest BCUT2D eigenvalue weighted by molar-refractivity contribution is 5.85. The van der Waals surface area contributed by atoms with Crippen molar-refractivity contribution < 1.29 is 19.4 Å². The number of Topliss-reactive ketones (excluding diaryl/α,β-unsaturated/α-hetero) is 1. The highest BCUT2D eigenvalue weighted by Gasteiger charge is 2.16. The van der Waals surface area contributed by atoms with Gasteiger partial charge in [-0.15, -0.1) is 0 Å². The molecule has 0 aromatic heterocycles. The van der Waals surface area contributed by atoms with E-state index in [4.69, 9.17) is 9.84 Å². The normalized spacial score (nSPS) is 11.7.